The molecule has 240 valence electrons. The molecule has 2 aliphatic rings. The number of aromatic nitrogens is 2. The van der Waals surface area contributed by atoms with Gasteiger partial charge in [-0.05, 0) is 86.4 Å². The van der Waals surface area contributed by atoms with Gasteiger partial charge >= 0.3 is 0 Å². The van der Waals surface area contributed by atoms with Crippen LogP contribution in [0.15, 0.2) is 35.7 Å². The van der Waals surface area contributed by atoms with Crippen molar-refractivity contribution < 1.29 is 9.59 Å². The van der Waals surface area contributed by atoms with Crippen molar-refractivity contribution in [3.8, 4) is 0 Å². The topological polar surface area (TPSA) is 79.3 Å². The van der Waals surface area contributed by atoms with Crippen LogP contribution in [0.4, 0.5) is 0 Å². The van der Waals surface area contributed by atoms with Gasteiger partial charge in [-0.25, -0.2) is 4.98 Å². The molecule has 1 aliphatic heterocycles. The zero-order chi connectivity index (χ0) is 31.1. The van der Waals surface area contributed by atoms with E-state index in [1.54, 1.807) is 11.3 Å². The molecular weight excluding hydrogens is 566 g/mol. The monoisotopic (exact) mass is 619 g/mol. The first-order valence-corrected chi connectivity index (χ1v) is 18.1. The predicted molar refractivity (Wildman–Crippen MR) is 181 cm³/mol. The average Bonchev–Trinajstić information content (AvgIpc) is 3.66. The van der Waals surface area contributed by atoms with E-state index in [4.69, 9.17) is 4.98 Å². The number of carbonyl (C=O) groups is 2. The Labute approximate surface area is 268 Å². The Kier molecular flexibility index (Phi) is 11.5. The van der Waals surface area contributed by atoms with E-state index >= 15 is 0 Å². The molecule has 5 rings (SSSR count). The van der Waals surface area contributed by atoms with Crippen molar-refractivity contribution >= 4 is 34.2 Å². The van der Waals surface area contributed by atoms with Crippen molar-refractivity contribution in [1.29, 1.82) is 0 Å². The number of likely N-dealkylation sites (tertiary alicyclic amines) is 1. The summed E-state index contributed by atoms with van der Waals surface area (Å²) in [5.74, 6) is 1.89. The minimum Gasteiger partial charge on any atom is -0.351 e. The van der Waals surface area contributed by atoms with Crippen LogP contribution >= 0.6 is 11.3 Å². The van der Waals surface area contributed by atoms with Crippen molar-refractivity contribution in [2.45, 2.75) is 116 Å². The lowest BCUT2D eigenvalue weighted by Gasteiger charge is -2.36. The normalized spacial score (nSPS) is 17.9. The highest BCUT2D eigenvalue weighted by molar-refractivity contribution is 7.09. The summed E-state index contributed by atoms with van der Waals surface area (Å²) in [6.45, 7) is 11.9. The zero-order valence-corrected chi connectivity index (χ0v) is 28.1. The molecule has 3 aromatic rings. The summed E-state index contributed by atoms with van der Waals surface area (Å²) in [6, 6.07) is 10.0. The third kappa shape index (κ3) is 8.30. The largest absolute Gasteiger partial charge is 0.351 e. The number of hydrogen-bond acceptors (Lipinski definition) is 5. The molecule has 0 bridgehead atoms. The number of imidazole rings is 1. The summed E-state index contributed by atoms with van der Waals surface area (Å²) in [5.41, 5.74) is 2.45. The lowest BCUT2D eigenvalue weighted by molar-refractivity contribution is -0.124. The van der Waals surface area contributed by atoms with Gasteiger partial charge in [0.05, 0.1) is 11.0 Å². The summed E-state index contributed by atoms with van der Waals surface area (Å²) in [5, 5.41) is 8.49. The molecule has 1 aromatic carbocycles. The van der Waals surface area contributed by atoms with E-state index in [0.717, 1.165) is 68.0 Å². The van der Waals surface area contributed by atoms with Crippen LogP contribution < -0.4 is 10.6 Å². The maximum absolute atomic E-state index is 13.6. The molecule has 1 atom stereocenters. The summed E-state index contributed by atoms with van der Waals surface area (Å²) >= 11 is 1.75. The Morgan fingerprint density at radius 2 is 1.77 bits per heavy atom. The lowest BCUT2D eigenvalue weighted by atomic mass is 9.88. The second-order valence-corrected chi connectivity index (χ2v) is 14.6. The van der Waals surface area contributed by atoms with Crippen LogP contribution in [0.25, 0.3) is 11.0 Å². The van der Waals surface area contributed by atoms with Gasteiger partial charge in [0, 0.05) is 48.6 Å². The number of nitrogens with one attached hydrogen (secondary N) is 2. The second kappa shape index (κ2) is 15.5. The highest BCUT2D eigenvalue weighted by atomic mass is 32.1. The first kappa shape index (κ1) is 32.7. The zero-order valence-electron chi connectivity index (χ0n) is 27.3. The number of thiophene rings is 1. The summed E-state index contributed by atoms with van der Waals surface area (Å²) < 4.78 is 2.37. The number of rotatable bonds is 13. The molecule has 1 saturated carbocycles. The van der Waals surface area contributed by atoms with Crippen LogP contribution in [0.3, 0.4) is 0 Å². The van der Waals surface area contributed by atoms with Gasteiger partial charge in [0.1, 0.15) is 11.9 Å². The van der Waals surface area contributed by atoms with E-state index in [1.807, 2.05) is 18.2 Å². The van der Waals surface area contributed by atoms with Crippen molar-refractivity contribution in [1.82, 2.24) is 25.1 Å². The number of amides is 2. The SMILES string of the molecule is CCC(CC)n1c(Cc2cccs2)nc2cc(C(=O)N[C@@H](CC(C)C)C(=O)NC3CCN(CC4CCCCC4)CC3)ccc21. The van der Waals surface area contributed by atoms with Crippen LogP contribution in [-0.2, 0) is 11.2 Å². The van der Waals surface area contributed by atoms with Gasteiger partial charge in [-0.2, -0.15) is 0 Å². The number of carbonyl (C=O) groups excluding carboxylic acids is 2. The number of hydrogen-bond donors (Lipinski definition) is 2. The van der Waals surface area contributed by atoms with Crippen molar-refractivity contribution in [3.05, 3.63) is 52.0 Å². The van der Waals surface area contributed by atoms with Crippen LogP contribution in [0.5, 0.6) is 0 Å². The van der Waals surface area contributed by atoms with Gasteiger partial charge in [-0.3, -0.25) is 9.59 Å². The molecule has 2 aromatic heterocycles. The number of fused-ring (bicyclic) bond motifs is 1. The lowest BCUT2D eigenvalue weighted by Crippen LogP contribution is -2.52. The highest BCUT2D eigenvalue weighted by Gasteiger charge is 2.28. The first-order chi connectivity index (χ1) is 21.3. The number of piperidine rings is 1. The summed E-state index contributed by atoms with van der Waals surface area (Å²) in [7, 11) is 0. The molecule has 0 radical (unpaired) electrons. The van der Waals surface area contributed by atoms with Gasteiger partial charge in [0.2, 0.25) is 5.91 Å². The van der Waals surface area contributed by atoms with E-state index in [9.17, 15) is 9.59 Å². The molecule has 2 fully saturated rings. The Morgan fingerprint density at radius 1 is 1.02 bits per heavy atom. The molecule has 0 spiro atoms. The molecule has 0 unspecified atom stereocenters. The third-order valence-corrected chi connectivity index (χ3v) is 10.6. The molecule has 3 heterocycles. The fourth-order valence-corrected chi connectivity index (χ4v) is 7.99. The second-order valence-electron chi connectivity index (χ2n) is 13.6. The fourth-order valence-electron chi connectivity index (χ4n) is 7.29. The Hall–Kier alpha value is -2.71. The molecular formula is C36H53N5O2S. The Morgan fingerprint density at radius 3 is 2.43 bits per heavy atom. The van der Waals surface area contributed by atoms with Crippen LogP contribution in [0, 0.1) is 11.8 Å². The van der Waals surface area contributed by atoms with Crippen LogP contribution in [0.1, 0.15) is 119 Å². The standard InChI is InChI=1S/C36H53N5O2S/c1-5-29(6-2)41-33-15-14-27(22-31(33)38-34(41)23-30-13-10-20-44-30)35(42)39-32(21-25(3)4)36(43)37-28-16-18-40(19-17-28)24-26-11-8-7-9-12-26/h10,13-15,20,22,25-26,28-29,32H,5-9,11-12,16-19,21,23-24H2,1-4H3,(H,37,43)(H,39,42)/t32-/m0/s1. The molecule has 1 aliphatic carbocycles. The maximum Gasteiger partial charge on any atom is 0.252 e. The quantitative estimate of drug-likeness (QED) is 0.210. The summed E-state index contributed by atoms with van der Waals surface area (Å²) in [4.78, 5) is 36.0. The summed E-state index contributed by atoms with van der Waals surface area (Å²) in [6.07, 6.45) is 12.3. The average molecular weight is 620 g/mol. The van der Waals surface area contributed by atoms with Crippen molar-refractivity contribution in [2.75, 3.05) is 19.6 Å². The predicted octanol–water partition coefficient (Wildman–Crippen LogP) is 7.36. The molecule has 2 N–H and O–H groups in total. The van der Waals surface area contributed by atoms with E-state index in [0.29, 0.717) is 18.0 Å². The molecule has 7 nitrogen and oxygen atoms in total. The van der Waals surface area contributed by atoms with E-state index in [1.165, 1.54) is 43.5 Å². The third-order valence-electron chi connectivity index (χ3n) is 9.75. The van der Waals surface area contributed by atoms with Crippen LogP contribution in [-0.4, -0.2) is 58.0 Å². The molecule has 1 saturated heterocycles. The van der Waals surface area contributed by atoms with Gasteiger partial charge in [-0.15, -0.1) is 11.3 Å². The highest BCUT2D eigenvalue weighted by Crippen LogP contribution is 2.29. The van der Waals surface area contributed by atoms with Gasteiger partial charge in [-0.1, -0.05) is 53.0 Å². The Bertz CT molecular complexity index is 1350. The molecule has 44 heavy (non-hydrogen) atoms. The smallest absolute Gasteiger partial charge is 0.252 e. The minimum absolute atomic E-state index is 0.0601. The van der Waals surface area contributed by atoms with Gasteiger partial charge < -0.3 is 20.1 Å². The first-order valence-electron chi connectivity index (χ1n) is 17.2. The van der Waals surface area contributed by atoms with Gasteiger partial charge in [0.15, 0.2) is 0 Å². The number of nitrogens with zero attached hydrogens (tertiary/aromatic N) is 3. The van der Waals surface area contributed by atoms with Gasteiger partial charge in [0.25, 0.3) is 5.91 Å². The van der Waals surface area contributed by atoms with E-state index < -0.39 is 6.04 Å². The Balaban J connectivity index is 1.24. The van der Waals surface area contributed by atoms with E-state index in [2.05, 4.69) is 65.3 Å². The fraction of sp³-hybridized carbons (Fsp3) is 0.639. The van der Waals surface area contributed by atoms with Crippen molar-refractivity contribution in [3.63, 3.8) is 0 Å². The van der Waals surface area contributed by atoms with Crippen LogP contribution in [0.2, 0.25) is 0 Å². The minimum atomic E-state index is -0.560. The maximum atomic E-state index is 13.6. The van der Waals surface area contributed by atoms with E-state index in [-0.39, 0.29) is 23.8 Å². The number of benzene rings is 1. The van der Waals surface area contributed by atoms with Crippen molar-refractivity contribution in [2.24, 2.45) is 11.8 Å². The molecule has 8 heteroatoms. The molecule has 2 amide bonds.